The van der Waals surface area contributed by atoms with E-state index in [2.05, 4.69) is 4.98 Å². The molecule has 0 bridgehead atoms. The molecule has 26 heavy (non-hydrogen) atoms. The van der Waals surface area contributed by atoms with Crippen LogP contribution in [0.25, 0.3) is 10.9 Å². The molecule has 0 saturated heterocycles. The second-order valence-corrected chi connectivity index (χ2v) is 5.70. The summed E-state index contributed by atoms with van der Waals surface area (Å²) in [6.07, 6.45) is 0.108. The van der Waals surface area contributed by atoms with Crippen LogP contribution in [0.2, 0.25) is 0 Å². The predicted octanol–water partition coefficient (Wildman–Crippen LogP) is 2.68. The Hall–Kier alpha value is -3.16. The van der Waals surface area contributed by atoms with Crippen molar-refractivity contribution in [1.82, 2.24) is 9.55 Å². The molecular weight excluding hydrogens is 349 g/mol. The van der Waals surface area contributed by atoms with Crippen molar-refractivity contribution in [3.05, 3.63) is 75.6 Å². The van der Waals surface area contributed by atoms with Crippen molar-refractivity contribution in [2.75, 3.05) is 0 Å². The second-order valence-electron chi connectivity index (χ2n) is 5.70. The molecule has 3 aromatic rings. The lowest BCUT2D eigenvalue weighted by atomic mass is 10.1. The van der Waals surface area contributed by atoms with Gasteiger partial charge >= 0.3 is 5.97 Å². The first-order valence-corrected chi connectivity index (χ1v) is 7.70. The Morgan fingerprint density at radius 3 is 2.38 bits per heavy atom. The van der Waals surface area contributed by atoms with E-state index in [0.717, 1.165) is 12.1 Å². The first-order chi connectivity index (χ1) is 12.4. The van der Waals surface area contributed by atoms with E-state index in [1.807, 2.05) is 0 Å². The Kier molecular flexibility index (Phi) is 4.75. The van der Waals surface area contributed by atoms with Crippen molar-refractivity contribution in [3.8, 4) is 0 Å². The van der Waals surface area contributed by atoms with Crippen molar-refractivity contribution in [2.24, 2.45) is 0 Å². The summed E-state index contributed by atoms with van der Waals surface area (Å²) in [7, 11) is 0. The van der Waals surface area contributed by atoms with Crippen molar-refractivity contribution >= 4 is 16.9 Å². The van der Waals surface area contributed by atoms with Gasteiger partial charge in [0.15, 0.2) is 17.5 Å². The zero-order chi connectivity index (χ0) is 18.8. The molecule has 0 spiro atoms. The highest BCUT2D eigenvalue weighted by Gasteiger charge is 2.15. The number of hydrogen-bond donors (Lipinski definition) is 1. The third-order valence-electron chi connectivity index (χ3n) is 3.94. The highest BCUT2D eigenvalue weighted by atomic mass is 19.2. The molecule has 0 saturated carbocycles. The number of carboxylic acids is 1. The topological polar surface area (TPSA) is 72.2 Å². The molecule has 134 valence electrons. The highest BCUT2D eigenvalue weighted by molar-refractivity contribution is 5.79. The zero-order valence-corrected chi connectivity index (χ0v) is 13.4. The van der Waals surface area contributed by atoms with E-state index >= 15 is 0 Å². The molecule has 5 nitrogen and oxygen atoms in total. The number of aryl methyl sites for hydroxylation is 2. The number of hydrogen-bond acceptors (Lipinski definition) is 3. The maximum Gasteiger partial charge on any atom is 0.323 e. The zero-order valence-electron chi connectivity index (χ0n) is 13.4. The van der Waals surface area contributed by atoms with Gasteiger partial charge in [-0.2, -0.15) is 4.98 Å². The minimum absolute atomic E-state index is 0.0534. The molecule has 8 heteroatoms. The van der Waals surface area contributed by atoms with Gasteiger partial charge in [0.1, 0.15) is 12.4 Å². The van der Waals surface area contributed by atoms with E-state index in [1.165, 1.54) is 10.6 Å². The summed E-state index contributed by atoms with van der Waals surface area (Å²) in [6, 6.07) is 8.16. The Morgan fingerprint density at radius 2 is 1.73 bits per heavy atom. The molecule has 0 aliphatic rings. The van der Waals surface area contributed by atoms with E-state index in [0.29, 0.717) is 5.52 Å². The number of nitrogens with zero attached hydrogens (tertiary/aromatic N) is 2. The van der Waals surface area contributed by atoms with Crippen molar-refractivity contribution in [2.45, 2.75) is 19.4 Å². The number of benzene rings is 2. The van der Waals surface area contributed by atoms with Gasteiger partial charge in [-0.1, -0.05) is 12.1 Å². The quantitative estimate of drug-likeness (QED) is 0.709. The Balaban J connectivity index is 2.01. The summed E-state index contributed by atoms with van der Waals surface area (Å²) in [5.74, 6) is -5.13. The minimum Gasteiger partial charge on any atom is -0.480 e. The molecule has 0 fully saturated rings. The molecule has 2 aromatic carbocycles. The Morgan fingerprint density at radius 1 is 1.08 bits per heavy atom. The molecule has 0 amide bonds. The van der Waals surface area contributed by atoms with Gasteiger partial charge in [0.2, 0.25) is 0 Å². The fraction of sp³-hybridized carbons (Fsp3) is 0.167. The lowest BCUT2D eigenvalue weighted by Gasteiger charge is -2.14. The fourth-order valence-electron chi connectivity index (χ4n) is 2.78. The molecule has 0 aliphatic carbocycles. The molecular formula is C18H13F3N2O3. The molecule has 0 aliphatic heterocycles. The fourth-order valence-corrected chi connectivity index (χ4v) is 2.78. The molecule has 1 heterocycles. The molecule has 0 radical (unpaired) electrons. The number of fused-ring (bicyclic) bond motifs is 1. The largest absolute Gasteiger partial charge is 0.480 e. The Bertz CT molecular complexity index is 1040. The second kappa shape index (κ2) is 6.99. The number of rotatable bonds is 5. The predicted molar refractivity (Wildman–Crippen MR) is 87.4 cm³/mol. The van der Waals surface area contributed by atoms with Crippen LogP contribution in [0, 0.1) is 17.5 Å². The van der Waals surface area contributed by atoms with Crippen LogP contribution in [-0.2, 0) is 24.2 Å². The summed E-state index contributed by atoms with van der Waals surface area (Å²) in [5, 5.41) is 9.42. The Labute approximate surface area is 145 Å². The number of halogens is 3. The maximum atomic E-state index is 13.3. The van der Waals surface area contributed by atoms with Gasteiger partial charge < -0.3 is 9.67 Å². The van der Waals surface area contributed by atoms with Gasteiger partial charge in [-0.3, -0.25) is 9.59 Å². The van der Waals surface area contributed by atoms with Gasteiger partial charge in [0.25, 0.3) is 5.56 Å². The first-order valence-electron chi connectivity index (χ1n) is 7.70. The number of aromatic nitrogens is 2. The summed E-state index contributed by atoms with van der Waals surface area (Å²) < 4.78 is 41.1. The van der Waals surface area contributed by atoms with Crippen molar-refractivity contribution in [1.29, 1.82) is 0 Å². The van der Waals surface area contributed by atoms with Crippen LogP contribution in [0.4, 0.5) is 13.2 Å². The van der Waals surface area contributed by atoms with Crippen LogP contribution < -0.4 is 5.56 Å². The lowest BCUT2D eigenvalue weighted by Crippen LogP contribution is -2.22. The average molecular weight is 362 g/mol. The number of carboxylic acid groups (broad SMARTS) is 1. The molecule has 0 unspecified atom stereocenters. The van der Waals surface area contributed by atoms with Crippen LogP contribution >= 0.6 is 0 Å². The van der Waals surface area contributed by atoms with Crippen molar-refractivity contribution < 1.29 is 23.1 Å². The number of aliphatic carboxylic acids is 1. The van der Waals surface area contributed by atoms with Gasteiger partial charge in [0, 0.05) is 6.42 Å². The summed E-state index contributed by atoms with van der Waals surface area (Å²) in [5.41, 5.74) is 0.0563. The first kappa shape index (κ1) is 17.7. The van der Waals surface area contributed by atoms with Gasteiger partial charge in [-0.05, 0) is 36.2 Å². The van der Waals surface area contributed by atoms with Gasteiger partial charge in [-0.15, -0.1) is 0 Å². The van der Waals surface area contributed by atoms with Crippen LogP contribution in [0.5, 0.6) is 0 Å². The summed E-state index contributed by atoms with van der Waals surface area (Å²) >= 11 is 0. The third kappa shape index (κ3) is 3.44. The van der Waals surface area contributed by atoms with Gasteiger partial charge in [-0.25, -0.2) is 13.2 Å². The van der Waals surface area contributed by atoms with Crippen LogP contribution in [-0.4, -0.2) is 20.6 Å². The normalized spacial score (nSPS) is 11.0. The summed E-state index contributed by atoms with van der Waals surface area (Å²) in [4.78, 5) is 27.3. The lowest BCUT2D eigenvalue weighted by molar-refractivity contribution is -0.137. The smallest absolute Gasteiger partial charge is 0.323 e. The molecule has 3 rings (SSSR count). The van der Waals surface area contributed by atoms with Crippen LogP contribution in [0.15, 0.2) is 41.2 Å². The van der Waals surface area contributed by atoms with E-state index in [-0.39, 0.29) is 29.6 Å². The van der Waals surface area contributed by atoms with Crippen molar-refractivity contribution in [3.63, 3.8) is 0 Å². The molecule has 0 atom stereocenters. The van der Waals surface area contributed by atoms with E-state index in [9.17, 15) is 22.8 Å². The van der Waals surface area contributed by atoms with Gasteiger partial charge in [0.05, 0.1) is 10.9 Å². The maximum absolute atomic E-state index is 13.3. The SMILES string of the molecule is O=C(O)Cn1c(CCc2cc(F)c(F)c(F)c2)nc(=O)c2ccccc21. The third-order valence-corrected chi connectivity index (χ3v) is 3.94. The molecule has 1 N–H and O–H groups in total. The molecule has 1 aromatic heterocycles. The number of para-hydroxylation sites is 1. The monoisotopic (exact) mass is 362 g/mol. The standard InChI is InChI=1S/C18H13F3N2O3/c19-12-7-10(8-13(20)17(12)21)5-6-15-22-18(26)11-3-1-2-4-14(11)23(15)9-16(24)25/h1-4,7-8H,5-6,9H2,(H,24,25). The van der Waals surface area contributed by atoms with E-state index in [1.54, 1.807) is 18.2 Å². The number of carbonyl (C=O) groups is 1. The average Bonchev–Trinajstić information content (AvgIpc) is 2.60. The van der Waals surface area contributed by atoms with E-state index < -0.39 is 35.5 Å². The highest BCUT2D eigenvalue weighted by Crippen LogP contribution is 2.17. The minimum atomic E-state index is -1.56. The van der Waals surface area contributed by atoms with Crippen LogP contribution in [0.1, 0.15) is 11.4 Å². The summed E-state index contributed by atoms with van der Waals surface area (Å²) in [6.45, 7) is -0.421. The van der Waals surface area contributed by atoms with E-state index in [4.69, 9.17) is 5.11 Å². The van der Waals surface area contributed by atoms with Crippen LogP contribution in [0.3, 0.4) is 0 Å².